The van der Waals surface area contributed by atoms with Gasteiger partial charge in [-0.3, -0.25) is 4.98 Å². The van der Waals surface area contributed by atoms with Crippen molar-refractivity contribution in [2.75, 3.05) is 0 Å². The van der Waals surface area contributed by atoms with Gasteiger partial charge in [0.05, 0.1) is 5.56 Å². The molecule has 1 unspecified atom stereocenters. The number of carbonyl (C=O) groups excluding carboxylic acids is 1. The summed E-state index contributed by atoms with van der Waals surface area (Å²) in [5, 5.41) is 0. The average Bonchev–Trinajstić information content (AvgIpc) is 2.56. The molecule has 1 aromatic heterocycles. The molecule has 0 amide bonds. The third kappa shape index (κ3) is 8.16. The molecule has 22 heavy (non-hydrogen) atoms. The van der Waals surface area contributed by atoms with E-state index in [-0.39, 0.29) is 12.1 Å². The molecule has 0 saturated carbocycles. The highest BCUT2D eigenvalue weighted by atomic mass is 16.5. The second-order valence-corrected chi connectivity index (χ2v) is 5.94. The van der Waals surface area contributed by atoms with Crippen LogP contribution in [0.15, 0.2) is 24.5 Å². The van der Waals surface area contributed by atoms with E-state index in [0.29, 0.717) is 5.56 Å². The van der Waals surface area contributed by atoms with E-state index in [1.54, 1.807) is 24.5 Å². The molecule has 0 aliphatic heterocycles. The van der Waals surface area contributed by atoms with E-state index in [2.05, 4.69) is 18.8 Å². The molecule has 0 spiro atoms. The smallest absolute Gasteiger partial charge is 0.338 e. The number of aromatic nitrogens is 1. The normalized spacial score (nSPS) is 12.1. The molecular formula is C19H31NO2. The van der Waals surface area contributed by atoms with Gasteiger partial charge < -0.3 is 4.74 Å². The Kier molecular flexibility index (Phi) is 10.3. The zero-order valence-corrected chi connectivity index (χ0v) is 14.2. The molecule has 0 aliphatic rings. The first-order valence-electron chi connectivity index (χ1n) is 8.89. The fourth-order valence-corrected chi connectivity index (χ4v) is 2.56. The van der Waals surface area contributed by atoms with Crippen molar-refractivity contribution < 1.29 is 9.53 Å². The number of esters is 1. The number of unbranched alkanes of at least 4 members (excludes halogenated alkanes) is 7. The van der Waals surface area contributed by atoms with Crippen LogP contribution >= 0.6 is 0 Å². The molecule has 0 N–H and O–H groups in total. The molecule has 0 radical (unpaired) electrons. The summed E-state index contributed by atoms with van der Waals surface area (Å²) < 4.78 is 5.58. The van der Waals surface area contributed by atoms with Crippen molar-refractivity contribution in [3.8, 4) is 0 Å². The van der Waals surface area contributed by atoms with Gasteiger partial charge in [-0.1, -0.05) is 58.8 Å². The summed E-state index contributed by atoms with van der Waals surface area (Å²) in [6.45, 7) is 4.33. The predicted octanol–water partition coefficient (Wildman–Crippen LogP) is 5.55. The van der Waals surface area contributed by atoms with Crippen LogP contribution in [0.25, 0.3) is 0 Å². The Morgan fingerprint density at radius 2 is 1.59 bits per heavy atom. The van der Waals surface area contributed by atoms with Gasteiger partial charge in [0.2, 0.25) is 0 Å². The molecule has 0 aliphatic carbocycles. The lowest BCUT2D eigenvalue weighted by molar-refractivity contribution is 0.0267. The van der Waals surface area contributed by atoms with E-state index in [9.17, 15) is 4.79 Å². The first-order valence-corrected chi connectivity index (χ1v) is 8.89. The monoisotopic (exact) mass is 305 g/mol. The molecular weight excluding hydrogens is 274 g/mol. The lowest BCUT2D eigenvalue weighted by Gasteiger charge is -2.16. The molecule has 0 bridgehead atoms. The van der Waals surface area contributed by atoms with Gasteiger partial charge >= 0.3 is 5.97 Å². The molecule has 3 heteroatoms. The fraction of sp³-hybridized carbons (Fsp3) is 0.684. The molecule has 0 fully saturated rings. The topological polar surface area (TPSA) is 39.2 Å². The van der Waals surface area contributed by atoms with Crippen molar-refractivity contribution in [2.45, 2.75) is 84.2 Å². The van der Waals surface area contributed by atoms with Gasteiger partial charge in [-0.15, -0.1) is 0 Å². The Bertz CT molecular complexity index is 392. The van der Waals surface area contributed by atoms with Gasteiger partial charge in [0.25, 0.3) is 0 Å². The maximum atomic E-state index is 12.0. The van der Waals surface area contributed by atoms with Gasteiger partial charge in [-0.05, 0) is 31.4 Å². The first-order chi connectivity index (χ1) is 10.8. The van der Waals surface area contributed by atoms with E-state index in [1.165, 1.54) is 44.9 Å². The Morgan fingerprint density at radius 1 is 1.00 bits per heavy atom. The lowest BCUT2D eigenvalue weighted by atomic mass is 10.0. The first kappa shape index (κ1) is 18.7. The number of hydrogen-bond acceptors (Lipinski definition) is 3. The second kappa shape index (κ2) is 12.2. The zero-order chi connectivity index (χ0) is 16.0. The summed E-state index contributed by atoms with van der Waals surface area (Å²) in [6.07, 6.45) is 15.6. The van der Waals surface area contributed by atoms with Gasteiger partial charge in [-0.25, -0.2) is 4.79 Å². The molecule has 1 heterocycles. The van der Waals surface area contributed by atoms with E-state index in [4.69, 9.17) is 4.74 Å². The zero-order valence-electron chi connectivity index (χ0n) is 14.2. The third-order valence-corrected chi connectivity index (χ3v) is 4.02. The highest BCUT2D eigenvalue weighted by Crippen LogP contribution is 2.15. The minimum atomic E-state index is -0.228. The molecule has 0 aromatic carbocycles. The number of rotatable bonds is 12. The minimum absolute atomic E-state index is 0.0424. The van der Waals surface area contributed by atoms with Crippen LogP contribution < -0.4 is 0 Å². The summed E-state index contributed by atoms with van der Waals surface area (Å²) in [6, 6.07) is 3.40. The number of ether oxygens (including phenoxy) is 1. The summed E-state index contributed by atoms with van der Waals surface area (Å²) in [5.74, 6) is -0.228. The van der Waals surface area contributed by atoms with Crippen molar-refractivity contribution >= 4 is 5.97 Å². The molecule has 3 nitrogen and oxygen atoms in total. The largest absolute Gasteiger partial charge is 0.459 e. The highest BCUT2D eigenvalue weighted by molar-refractivity contribution is 5.89. The third-order valence-electron chi connectivity index (χ3n) is 4.02. The molecule has 1 atom stereocenters. The van der Waals surface area contributed by atoms with Crippen molar-refractivity contribution in [2.24, 2.45) is 0 Å². The number of nitrogens with zero attached hydrogens (tertiary/aromatic N) is 1. The molecule has 1 rings (SSSR count). The van der Waals surface area contributed by atoms with Gasteiger partial charge in [-0.2, -0.15) is 0 Å². The Balaban J connectivity index is 2.13. The second-order valence-electron chi connectivity index (χ2n) is 5.94. The van der Waals surface area contributed by atoms with Crippen LogP contribution in [0, 0.1) is 0 Å². The average molecular weight is 305 g/mol. The van der Waals surface area contributed by atoms with Crippen LogP contribution in [0.4, 0.5) is 0 Å². The summed E-state index contributed by atoms with van der Waals surface area (Å²) >= 11 is 0. The highest BCUT2D eigenvalue weighted by Gasteiger charge is 2.13. The van der Waals surface area contributed by atoms with Crippen molar-refractivity contribution in [3.63, 3.8) is 0 Å². The Morgan fingerprint density at radius 3 is 2.18 bits per heavy atom. The van der Waals surface area contributed by atoms with Crippen molar-refractivity contribution in [1.29, 1.82) is 0 Å². The van der Waals surface area contributed by atoms with Crippen LogP contribution in [0.3, 0.4) is 0 Å². The molecule has 1 aromatic rings. The summed E-state index contributed by atoms with van der Waals surface area (Å²) in [4.78, 5) is 15.9. The number of carbonyl (C=O) groups is 1. The Labute approximate surface area is 135 Å². The fourth-order valence-electron chi connectivity index (χ4n) is 2.56. The van der Waals surface area contributed by atoms with Crippen molar-refractivity contribution in [3.05, 3.63) is 30.1 Å². The number of hydrogen-bond donors (Lipinski definition) is 0. The Hall–Kier alpha value is -1.38. The molecule has 0 saturated heterocycles. The predicted molar refractivity (Wildman–Crippen MR) is 91.0 cm³/mol. The lowest BCUT2D eigenvalue weighted by Crippen LogP contribution is -2.17. The van der Waals surface area contributed by atoms with Crippen LogP contribution in [-0.2, 0) is 4.74 Å². The van der Waals surface area contributed by atoms with Crippen molar-refractivity contribution in [1.82, 2.24) is 4.98 Å². The van der Waals surface area contributed by atoms with E-state index in [1.807, 2.05) is 0 Å². The van der Waals surface area contributed by atoms with Crippen LogP contribution in [0.2, 0.25) is 0 Å². The van der Waals surface area contributed by atoms with E-state index < -0.39 is 0 Å². The van der Waals surface area contributed by atoms with Crippen LogP contribution in [0.1, 0.15) is 88.4 Å². The van der Waals surface area contributed by atoms with E-state index in [0.717, 1.165) is 19.3 Å². The maximum absolute atomic E-state index is 12.0. The quantitative estimate of drug-likeness (QED) is 0.375. The van der Waals surface area contributed by atoms with Gasteiger partial charge in [0.1, 0.15) is 6.10 Å². The van der Waals surface area contributed by atoms with Crippen LogP contribution in [0.5, 0.6) is 0 Å². The minimum Gasteiger partial charge on any atom is -0.459 e. The van der Waals surface area contributed by atoms with Crippen LogP contribution in [-0.4, -0.2) is 17.1 Å². The van der Waals surface area contributed by atoms with Gasteiger partial charge in [0.15, 0.2) is 0 Å². The van der Waals surface area contributed by atoms with E-state index >= 15 is 0 Å². The number of pyridine rings is 1. The standard InChI is InChI=1S/C19H31NO2/c1-3-5-6-7-8-9-10-11-12-18(4-2)22-19(21)17-13-15-20-16-14-17/h13-16,18H,3-12H2,1-2H3. The SMILES string of the molecule is CCCCCCCCCCC(CC)OC(=O)c1ccncc1. The van der Waals surface area contributed by atoms with Gasteiger partial charge in [0, 0.05) is 12.4 Å². The molecule has 124 valence electrons. The maximum Gasteiger partial charge on any atom is 0.338 e. The summed E-state index contributed by atoms with van der Waals surface area (Å²) in [7, 11) is 0. The summed E-state index contributed by atoms with van der Waals surface area (Å²) in [5.41, 5.74) is 0.587.